The Morgan fingerprint density at radius 2 is 2.00 bits per heavy atom. The molecule has 1 aliphatic heterocycles. The molecular formula is C23H27N5O3. The van der Waals surface area contributed by atoms with Crippen LogP contribution < -0.4 is 10.6 Å². The Bertz CT molecular complexity index is 1060. The van der Waals surface area contributed by atoms with Gasteiger partial charge in [0.05, 0.1) is 12.2 Å². The van der Waals surface area contributed by atoms with E-state index in [0.717, 1.165) is 12.0 Å². The number of hydrogen-bond acceptors (Lipinski definition) is 5. The van der Waals surface area contributed by atoms with Crippen molar-refractivity contribution in [3.63, 3.8) is 0 Å². The van der Waals surface area contributed by atoms with E-state index in [1.807, 2.05) is 24.3 Å². The molecule has 8 heteroatoms. The largest absolute Gasteiger partial charge is 0.370 e. The Morgan fingerprint density at radius 3 is 2.74 bits per heavy atom. The van der Waals surface area contributed by atoms with Gasteiger partial charge in [0.2, 0.25) is 11.7 Å². The van der Waals surface area contributed by atoms with Crippen molar-refractivity contribution in [1.29, 1.82) is 0 Å². The van der Waals surface area contributed by atoms with Gasteiger partial charge in [-0.15, -0.1) is 0 Å². The Hall–Kier alpha value is -3.26. The van der Waals surface area contributed by atoms with Crippen LogP contribution in [0.4, 0.5) is 5.69 Å². The zero-order valence-corrected chi connectivity index (χ0v) is 17.9. The summed E-state index contributed by atoms with van der Waals surface area (Å²) in [4.78, 5) is 33.0. The number of hydrogen-bond donors (Lipinski definition) is 2. The van der Waals surface area contributed by atoms with E-state index in [4.69, 9.17) is 4.74 Å². The number of ether oxygens (including phenoxy) is 1. The summed E-state index contributed by atoms with van der Waals surface area (Å²) in [5.74, 6) is 0.420. The molecule has 2 N–H and O–H groups in total. The highest BCUT2D eigenvalue weighted by molar-refractivity contribution is 6.03. The highest BCUT2D eigenvalue weighted by atomic mass is 16.5. The SMILES string of the molecule is CC(=O)N[C@H]1C[C@@H](c2ccccc2NC(=O)c2cn3cccnc3n2)O[C@@H](C(C)C)C1. The van der Waals surface area contributed by atoms with Gasteiger partial charge in [0.25, 0.3) is 5.91 Å². The van der Waals surface area contributed by atoms with Crippen molar-refractivity contribution in [1.82, 2.24) is 19.7 Å². The molecule has 1 aromatic carbocycles. The van der Waals surface area contributed by atoms with Crippen molar-refractivity contribution in [3.05, 3.63) is 60.2 Å². The summed E-state index contributed by atoms with van der Waals surface area (Å²) >= 11 is 0. The third kappa shape index (κ3) is 4.74. The van der Waals surface area contributed by atoms with Gasteiger partial charge in [-0.1, -0.05) is 32.0 Å². The Morgan fingerprint density at radius 1 is 1.19 bits per heavy atom. The van der Waals surface area contributed by atoms with Crippen LogP contribution in [0, 0.1) is 5.92 Å². The number of aromatic nitrogens is 3. The quantitative estimate of drug-likeness (QED) is 0.658. The molecule has 8 nitrogen and oxygen atoms in total. The van der Waals surface area contributed by atoms with E-state index >= 15 is 0 Å². The molecule has 0 saturated carbocycles. The van der Waals surface area contributed by atoms with Gasteiger partial charge in [-0.2, -0.15) is 0 Å². The van der Waals surface area contributed by atoms with Gasteiger partial charge >= 0.3 is 0 Å². The molecule has 2 amide bonds. The van der Waals surface area contributed by atoms with Crippen molar-refractivity contribution in [2.75, 3.05) is 5.32 Å². The lowest BCUT2D eigenvalue weighted by Gasteiger charge is -2.38. The number of nitrogens with one attached hydrogen (secondary N) is 2. The van der Waals surface area contributed by atoms with E-state index in [9.17, 15) is 9.59 Å². The van der Waals surface area contributed by atoms with Crippen molar-refractivity contribution in [2.45, 2.75) is 51.9 Å². The number of carbonyl (C=O) groups is 2. The van der Waals surface area contributed by atoms with Gasteiger partial charge in [-0.25, -0.2) is 9.97 Å². The van der Waals surface area contributed by atoms with Gasteiger partial charge in [-0.3, -0.25) is 14.0 Å². The lowest BCUT2D eigenvalue weighted by molar-refractivity contribution is -0.123. The summed E-state index contributed by atoms with van der Waals surface area (Å²) in [6.07, 6.45) is 6.28. The number of para-hydroxylation sites is 1. The van der Waals surface area contributed by atoms with Crippen LogP contribution in [0.3, 0.4) is 0 Å². The molecule has 0 unspecified atom stereocenters. The number of amides is 2. The number of rotatable bonds is 5. The van der Waals surface area contributed by atoms with E-state index in [0.29, 0.717) is 23.8 Å². The zero-order valence-electron chi connectivity index (χ0n) is 17.9. The zero-order chi connectivity index (χ0) is 22.0. The van der Waals surface area contributed by atoms with E-state index in [1.165, 1.54) is 6.92 Å². The summed E-state index contributed by atoms with van der Waals surface area (Å²) in [5.41, 5.74) is 1.85. The van der Waals surface area contributed by atoms with E-state index in [2.05, 4.69) is 34.4 Å². The van der Waals surface area contributed by atoms with Crippen LogP contribution in [-0.4, -0.2) is 38.3 Å². The minimum absolute atomic E-state index is 0.0175. The molecule has 31 heavy (non-hydrogen) atoms. The second kappa shape index (κ2) is 8.85. The fourth-order valence-corrected chi connectivity index (χ4v) is 4.01. The number of imidazole rings is 1. The molecule has 1 aliphatic rings. The number of benzene rings is 1. The van der Waals surface area contributed by atoms with Gasteiger partial charge < -0.3 is 15.4 Å². The van der Waals surface area contributed by atoms with Crippen LogP contribution in [0.15, 0.2) is 48.9 Å². The first-order valence-corrected chi connectivity index (χ1v) is 10.5. The first-order valence-electron chi connectivity index (χ1n) is 10.5. The average Bonchev–Trinajstić information content (AvgIpc) is 3.18. The number of fused-ring (bicyclic) bond motifs is 1. The van der Waals surface area contributed by atoms with Crippen molar-refractivity contribution >= 4 is 23.3 Å². The fraction of sp³-hybridized carbons (Fsp3) is 0.391. The molecule has 1 fully saturated rings. The molecule has 1 saturated heterocycles. The summed E-state index contributed by atoms with van der Waals surface area (Å²) < 4.78 is 8.09. The molecule has 162 valence electrons. The number of anilines is 1. The molecule has 0 aliphatic carbocycles. The minimum atomic E-state index is -0.312. The smallest absolute Gasteiger partial charge is 0.275 e. The Balaban J connectivity index is 1.58. The van der Waals surface area contributed by atoms with E-state index in [1.54, 1.807) is 29.1 Å². The standard InChI is InChI=1S/C23H27N5O3/c1-14(2)20-11-16(25-15(3)29)12-21(31-20)17-7-4-5-8-18(17)26-22(30)19-13-28-10-6-9-24-23(28)27-19/h4-10,13-14,16,20-21H,11-12H2,1-3H3,(H,25,29)(H,26,30)/t16-,20-,21+/m1/s1. The van der Waals surface area contributed by atoms with Gasteiger partial charge in [0, 0.05) is 42.8 Å². The fourth-order valence-electron chi connectivity index (χ4n) is 4.01. The van der Waals surface area contributed by atoms with E-state index < -0.39 is 0 Å². The molecular weight excluding hydrogens is 394 g/mol. The molecule has 0 bridgehead atoms. The van der Waals surface area contributed by atoms with Crippen LogP contribution in [-0.2, 0) is 9.53 Å². The average molecular weight is 422 g/mol. The second-order valence-electron chi connectivity index (χ2n) is 8.27. The summed E-state index contributed by atoms with van der Waals surface area (Å²) in [7, 11) is 0. The monoisotopic (exact) mass is 421 g/mol. The maximum Gasteiger partial charge on any atom is 0.275 e. The third-order valence-electron chi connectivity index (χ3n) is 5.53. The molecule has 3 heterocycles. The van der Waals surface area contributed by atoms with Crippen molar-refractivity contribution in [2.24, 2.45) is 5.92 Å². The molecule has 2 aromatic heterocycles. The van der Waals surface area contributed by atoms with Crippen LogP contribution in [0.25, 0.3) is 5.78 Å². The Labute approximate surface area is 181 Å². The number of nitrogens with zero attached hydrogens (tertiary/aromatic N) is 3. The normalized spacial score (nSPS) is 21.2. The minimum Gasteiger partial charge on any atom is -0.370 e. The third-order valence-corrected chi connectivity index (χ3v) is 5.53. The maximum absolute atomic E-state index is 12.9. The van der Waals surface area contributed by atoms with Gasteiger partial charge in [0.1, 0.15) is 5.69 Å². The highest BCUT2D eigenvalue weighted by Crippen LogP contribution is 2.37. The Kier molecular flexibility index (Phi) is 5.99. The van der Waals surface area contributed by atoms with Gasteiger partial charge in [-0.05, 0) is 30.9 Å². The van der Waals surface area contributed by atoms with Crippen LogP contribution in [0.2, 0.25) is 0 Å². The summed E-state index contributed by atoms with van der Waals surface area (Å²) in [5, 5.41) is 6.02. The summed E-state index contributed by atoms with van der Waals surface area (Å²) in [6, 6.07) is 9.42. The predicted octanol–water partition coefficient (Wildman–Crippen LogP) is 3.36. The van der Waals surface area contributed by atoms with Crippen LogP contribution in [0.1, 0.15) is 55.8 Å². The first kappa shape index (κ1) is 21.0. The highest BCUT2D eigenvalue weighted by Gasteiger charge is 2.33. The number of carbonyl (C=O) groups excluding carboxylic acids is 2. The first-order chi connectivity index (χ1) is 14.9. The van der Waals surface area contributed by atoms with Crippen molar-refractivity contribution < 1.29 is 14.3 Å². The lowest BCUT2D eigenvalue weighted by atomic mass is 9.89. The molecule has 4 rings (SSSR count). The maximum atomic E-state index is 12.9. The van der Waals surface area contributed by atoms with Crippen molar-refractivity contribution in [3.8, 4) is 0 Å². The predicted molar refractivity (Wildman–Crippen MR) is 117 cm³/mol. The van der Waals surface area contributed by atoms with Crippen LogP contribution in [0.5, 0.6) is 0 Å². The second-order valence-corrected chi connectivity index (χ2v) is 8.27. The summed E-state index contributed by atoms with van der Waals surface area (Å²) in [6.45, 7) is 5.76. The molecule has 3 aromatic rings. The van der Waals surface area contributed by atoms with Crippen LogP contribution >= 0.6 is 0 Å². The van der Waals surface area contributed by atoms with Gasteiger partial charge in [0.15, 0.2) is 0 Å². The lowest BCUT2D eigenvalue weighted by Crippen LogP contribution is -2.43. The topological polar surface area (TPSA) is 97.6 Å². The molecule has 3 atom stereocenters. The molecule has 0 spiro atoms. The van der Waals surface area contributed by atoms with E-state index in [-0.39, 0.29) is 35.8 Å². The molecule has 0 radical (unpaired) electrons.